The fraction of sp³-hybridized carbons (Fsp3) is 0.0588. The Bertz CT molecular complexity index is 698. The highest BCUT2D eigenvalue weighted by atomic mass is 16.2. The van der Waals surface area contributed by atoms with Crippen LogP contribution in [0.4, 0.5) is 0 Å². The number of nitrogens with one attached hydrogen (secondary N) is 1. The second-order valence-electron chi connectivity index (χ2n) is 4.72. The molecular formula is C17H14N2O. The normalized spacial score (nSPS) is 16.1. The number of benzene rings is 2. The Morgan fingerprint density at radius 3 is 2.40 bits per heavy atom. The summed E-state index contributed by atoms with van der Waals surface area (Å²) in [7, 11) is 0. The van der Waals surface area contributed by atoms with Gasteiger partial charge in [0.05, 0.1) is 0 Å². The molecule has 0 fully saturated rings. The van der Waals surface area contributed by atoms with Crippen LogP contribution < -0.4 is 5.32 Å². The fourth-order valence-electron chi connectivity index (χ4n) is 2.02. The van der Waals surface area contributed by atoms with Crippen LogP contribution in [0.2, 0.25) is 0 Å². The van der Waals surface area contributed by atoms with Gasteiger partial charge in [0.15, 0.2) is 0 Å². The number of carbonyl (C=O) groups is 1. The van der Waals surface area contributed by atoms with E-state index in [1.165, 1.54) is 5.56 Å². The van der Waals surface area contributed by atoms with Gasteiger partial charge in [0, 0.05) is 5.56 Å². The summed E-state index contributed by atoms with van der Waals surface area (Å²) < 4.78 is 0. The van der Waals surface area contributed by atoms with Crippen molar-refractivity contribution in [1.29, 1.82) is 0 Å². The molecule has 0 saturated carbocycles. The monoisotopic (exact) mass is 262 g/mol. The molecule has 2 aromatic carbocycles. The maximum Gasteiger partial charge on any atom is 0.275 e. The molecule has 0 atom stereocenters. The number of hydrogen-bond donors (Lipinski definition) is 1. The number of amides is 1. The van der Waals surface area contributed by atoms with Crippen LogP contribution in [0, 0.1) is 6.92 Å². The first kappa shape index (κ1) is 12.4. The van der Waals surface area contributed by atoms with E-state index in [2.05, 4.69) is 10.3 Å². The van der Waals surface area contributed by atoms with Crippen molar-refractivity contribution < 1.29 is 4.79 Å². The molecule has 1 N–H and O–H groups in total. The molecule has 0 radical (unpaired) electrons. The zero-order valence-electron chi connectivity index (χ0n) is 11.1. The lowest BCUT2D eigenvalue weighted by Gasteiger charge is -2.00. The number of amidine groups is 1. The van der Waals surface area contributed by atoms with Crippen LogP contribution in [0.15, 0.2) is 65.3 Å². The third-order valence-corrected chi connectivity index (χ3v) is 3.12. The molecule has 3 nitrogen and oxygen atoms in total. The Balaban J connectivity index is 1.93. The number of carbonyl (C=O) groups excluding carboxylic acids is 1. The van der Waals surface area contributed by atoms with Crippen LogP contribution in [0.1, 0.15) is 16.7 Å². The first-order valence-electron chi connectivity index (χ1n) is 6.46. The topological polar surface area (TPSA) is 41.5 Å². The van der Waals surface area contributed by atoms with Gasteiger partial charge in [0.2, 0.25) is 0 Å². The molecule has 1 aliphatic rings. The second kappa shape index (κ2) is 5.13. The Kier molecular flexibility index (Phi) is 3.17. The van der Waals surface area contributed by atoms with Gasteiger partial charge in [0.1, 0.15) is 11.5 Å². The molecule has 20 heavy (non-hydrogen) atoms. The number of rotatable bonds is 2. The summed E-state index contributed by atoms with van der Waals surface area (Å²) >= 11 is 0. The highest BCUT2D eigenvalue weighted by Crippen LogP contribution is 2.15. The van der Waals surface area contributed by atoms with Crippen molar-refractivity contribution in [2.24, 2.45) is 4.99 Å². The third-order valence-electron chi connectivity index (χ3n) is 3.12. The van der Waals surface area contributed by atoms with Crippen LogP contribution in [-0.2, 0) is 4.79 Å². The van der Waals surface area contributed by atoms with Crippen molar-refractivity contribution >= 4 is 17.8 Å². The molecule has 3 heteroatoms. The zero-order valence-corrected chi connectivity index (χ0v) is 11.1. The van der Waals surface area contributed by atoms with Gasteiger partial charge < -0.3 is 5.32 Å². The molecule has 3 rings (SSSR count). The van der Waals surface area contributed by atoms with E-state index in [1.54, 1.807) is 6.08 Å². The maximum atomic E-state index is 11.9. The lowest BCUT2D eigenvalue weighted by molar-refractivity contribution is -0.115. The van der Waals surface area contributed by atoms with Gasteiger partial charge in [-0.25, -0.2) is 4.99 Å². The summed E-state index contributed by atoms with van der Waals surface area (Å²) in [6.07, 6.45) is 1.79. The van der Waals surface area contributed by atoms with Crippen LogP contribution in [0.25, 0.3) is 6.08 Å². The molecule has 0 bridgehead atoms. The molecule has 98 valence electrons. The second-order valence-corrected chi connectivity index (χ2v) is 4.72. The quantitative estimate of drug-likeness (QED) is 0.831. The average molecular weight is 262 g/mol. The largest absolute Gasteiger partial charge is 0.305 e. The number of hydrogen-bond acceptors (Lipinski definition) is 2. The molecule has 1 heterocycles. The minimum atomic E-state index is -0.163. The highest BCUT2D eigenvalue weighted by molar-refractivity contribution is 6.19. The summed E-state index contributed by atoms with van der Waals surface area (Å²) in [5.74, 6) is 0.446. The van der Waals surface area contributed by atoms with E-state index >= 15 is 0 Å². The Morgan fingerprint density at radius 2 is 1.70 bits per heavy atom. The lowest BCUT2D eigenvalue weighted by atomic mass is 10.1. The predicted octanol–water partition coefficient (Wildman–Crippen LogP) is 2.91. The molecule has 0 unspecified atom stereocenters. The molecule has 0 aromatic heterocycles. The van der Waals surface area contributed by atoms with Crippen molar-refractivity contribution in [1.82, 2.24) is 5.32 Å². The van der Waals surface area contributed by atoms with Gasteiger partial charge in [-0.3, -0.25) is 4.79 Å². The van der Waals surface area contributed by atoms with E-state index in [9.17, 15) is 4.79 Å². The summed E-state index contributed by atoms with van der Waals surface area (Å²) in [6.45, 7) is 2.03. The van der Waals surface area contributed by atoms with Crippen LogP contribution in [0.3, 0.4) is 0 Å². The highest BCUT2D eigenvalue weighted by Gasteiger charge is 2.20. The van der Waals surface area contributed by atoms with Crippen molar-refractivity contribution in [3.8, 4) is 0 Å². The zero-order chi connectivity index (χ0) is 13.9. The molecule has 1 amide bonds. The first-order valence-corrected chi connectivity index (χ1v) is 6.46. The van der Waals surface area contributed by atoms with Gasteiger partial charge in [-0.15, -0.1) is 0 Å². The van der Waals surface area contributed by atoms with E-state index in [4.69, 9.17) is 0 Å². The van der Waals surface area contributed by atoms with Crippen molar-refractivity contribution in [2.75, 3.05) is 0 Å². The van der Waals surface area contributed by atoms with Gasteiger partial charge in [-0.05, 0) is 18.6 Å². The lowest BCUT2D eigenvalue weighted by Crippen LogP contribution is -2.24. The number of nitrogens with zero attached hydrogens (tertiary/aromatic N) is 1. The van der Waals surface area contributed by atoms with Crippen molar-refractivity contribution in [3.63, 3.8) is 0 Å². The Labute approximate surface area is 117 Å². The van der Waals surface area contributed by atoms with Crippen molar-refractivity contribution in [2.45, 2.75) is 6.92 Å². The average Bonchev–Trinajstić information content (AvgIpc) is 2.82. The fourth-order valence-corrected chi connectivity index (χ4v) is 2.02. The van der Waals surface area contributed by atoms with E-state index in [1.807, 2.05) is 61.5 Å². The van der Waals surface area contributed by atoms with E-state index in [0.29, 0.717) is 11.5 Å². The van der Waals surface area contributed by atoms with Crippen LogP contribution in [0.5, 0.6) is 0 Å². The molecule has 0 saturated heterocycles. The standard InChI is InChI=1S/C17H14N2O/c1-12-7-9-14(10-8-12)16-18-15(17(20)19-16)11-13-5-3-2-4-6-13/h2-11H,1H3,(H,18,19,20)/b15-11-. The van der Waals surface area contributed by atoms with Gasteiger partial charge in [0.25, 0.3) is 5.91 Å². The number of aliphatic imine (C=N–C) groups is 1. The smallest absolute Gasteiger partial charge is 0.275 e. The van der Waals surface area contributed by atoms with Crippen molar-refractivity contribution in [3.05, 3.63) is 77.0 Å². The predicted molar refractivity (Wildman–Crippen MR) is 80.3 cm³/mol. The van der Waals surface area contributed by atoms with Gasteiger partial charge >= 0.3 is 0 Å². The van der Waals surface area contributed by atoms with Crippen LogP contribution >= 0.6 is 0 Å². The first-order chi connectivity index (χ1) is 9.72. The van der Waals surface area contributed by atoms with E-state index in [0.717, 1.165) is 11.1 Å². The Morgan fingerprint density at radius 1 is 1.00 bits per heavy atom. The summed E-state index contributed by atoms with van der Waals surface area (Å²) in [5.41, 5.74) is 3.50. The molecule has 0 aliphatic carbocycles. The SMILES string of the molecule is Cc1ccc(C2=N/C(=C\c3ccccc3)C(=O)N2)cc1. The maximum absolute atomic E-state index is 11.9. The Hall–Kier alpha value is -2.68. The van der Waals surface area contributed by atoms with E-state index < -0.39 is 0 Å². The summed E-state index contributed by atoms with van der Waals surface area (Å²) in [6, 6.07) is 17.6. The summed E-state index contributed by atoms with van der Waals surface area (Å²) in [4.78, 5) is 16.3. The number of aryl methyl sites for hydroxylation is 1. The van der Waals surface area contributed by atoms with Gasteiger partial charge in [-0.1, -0.05) is 60.2 Å². The van der Waals surface area contributed by atoms with Gasteiger partial charge in [-0.2, -0.15) is 0 Å². The van der Waals surface area contributed by atoms with Crippen LogP contribution in [-0.4, -0.2) is 11.7 Å². The third kappa shape index (κ3) is 2.52. The van der Waals surface area contributed by atoms with E-state index in [-0.39, 0.29) is 5.91 Å². The molecule has 1 aliphatic heterocycles. The summed E-state index contributed by atoms with van der Waals surface area (Å²) in [5, 5.41) is 2.80. The molecular weight excluding hydrogens is 248 g/mol. The molecule has 2 aromatic rings. The minimum absolute atomic E-state index is 0.163. The minimum Gasteiger partial charge on any atom is -0.305 e. The molecule has 0 spiro atoms.